The number of allylic oxidation sites excluding steroid dienone is 1. The number of hydrogen-bond acceptors (Lipinski definition) is 4. The van der Waals surface area contributed by atoms with Crippen molar-refractivity contribution in [2.45, 2.75) is 5.92 Å². The summed E-state index contributed by atoms with van der Waals surface area (Å²) < 4.78 is 6.30. The molecular weight excluding hydrogens is 372 g/mol. The van der Waals surface area contributed by atoms with Crippen LogP contribution in [0.2, 0.25) is 0 Å². The van der Waals surface area contributed by atoms with Crippen LogP contribution >= 0.6 is 0 Å². The van der Waals surface area contributed by atoms with Crippen LogP contribution in [0, 0.1) is 22.7 Å². The summed E-state index contributed by atoms with van der Waals surface area (Å²) in [7, 11) is 0. The van der Waals surface area contributed by atoms with Crippen LogP contribution in [0.1, 0.15) is 39.5 Å². The molecule has 0 saturated carbocycles. The van der Waals surface area contributed by atoms with Gasteiger partial charge >= 0.3 is 0 Å². The highest BCUT2D eigenvalue weighted by atomic mass is 16.3. The monoisotopic (exact) mass is 386 g/mol. The summed E-state index contributed by atoms with van der Waals surface area (Å²) in [5.41, 5.74) is 3.97. The average Bonchev–Trinajstić information content (AvgIpc) is 2.94. The number of nitrogens with zero attached hydrogens (tertiary/aromatic N) is 2. The summed E-state index contributed by atoms with van der Waals surface area (Å²) in [6.07, 6.45) is 1.61. The minimum absolute atomic E-state index is 0.246. The third-order valence-electron chi connectivity index (χ3n) is 5.45. The lowest BCUT2D eigenvalue weighted by atomic mass is 9.85. The molecule has 4 heteroatoms. The Morgan fingerprint density at radius 3 is 2.40 bits per heavy atom. The summed E-state index contributed by atoms with van der Waals surface area (Å²) in [5.74, 6) is 0.161. The molecule has 0 N–H and O–H groups in total. The van der Waals surface area contributed by atoms with E-state index in [1.54, 1.807) is 18.2 Å². The van der Waals surface area contributed by atoms with Crippen LogP contribution in [-0.2, 0) is 0 Å². The van der Waals surface area contributed by atoms with Gasteiger partial charge in [0.2, 0.25) is 0 Å². The molecule has 0 aliphatic heterocycles. The predicted octanol–water partition coefficient (Wildman–Crippen LogP) is 5.22. The fraction of sp³-hybridized carbons (Fsp3) is 0.0385. The zero-order valence-electron chi connectivity index (χ0n) is 15.8. The Bertz CT molecular complexity index is 1480. The molecule has 4 aromatic rings. The van der Waals surface area contributed by atoms with Gasteiger partial charge in [-0.25, -0.2) is 0 Å². The molecule has 1 unspecified atom stereocenters. The lowest BCUT2D eigenvalue weighted by Gasteiger charge is -2.20. The van der Waals surface area contributed by atoms with Crippen molar-refractivity contribution in [2.75, 3.05) is 0 Å². The van der Waals surface area contributed by atoms with E-state index in [4.69, 9.17) is 4.42 Å². The maximum absolute atomic E-state index is 13.5. The molecule has 0 bridgehead atoms. The van der Waals surface area contributed by atoms with E-state index in [1.807, 2.05) is 54.6 Å². The molecule has 4 nitrogen and oxygen atoms in total. The molecule has 5 rings (SSSR count). The van der Waals surface area contributed by atoms with Gasteiger partial charge in [-0.05, 0) is 41.0 Å². The second-order valence-electron chi connectivity index (χ2n) is 7.13. The van der Waals surface area contributed by atoms with Gasteiger partial charge < -0.3 is 4.42 Å². The van der Waals surface area contributed by atoms with Crippen molar-refractivity contribution in [2.24, 2.45) is 0 Å². The highest BCUT2D eigenvalue weighted by Gasteiger charge is 2.30. The van der Waals surface area contributed by atoms with Gasteiger partial charge in [0.15, 0.2) is 5.43 Å². The van der Waals surface area contributed by atoms with E-state index >= 15 is 0 Å². The van der Waals surface area contributed by atoms with Gasteiger partial charge in [0.25, 0.3) is 0 Å². The average molecular weight is 386 g/mol. The number of rotatable bonds is 1. The topological polar surface area (TPSA) is 77.8 Å². The molecule has 1 aromatic heterocycles. The van der Waals surface area contributed by atoms with E-state index in [0.29, 0.717) is 33.4 Å². The Kier molecular flexibility index (Phi) is 4.05. The van der Waals surface area contributed by atoms with Gasteiger partial charge in [0.1, 0.15) is 11.3 Å². The number of nitriles is 2. The summed E-state index contributed by atoms with van der Waals surface area (Å²) in [6, 6.07) is 26.6. The molecule has 0 radical (unpaired) electrons. The highest BCUT2D eigenvalue weighted by Crippen LogP contribution is 2.41. The third kappa shape index (κ3) is 2.64. The van der Waals surface area contributed by atoms with E-state index in [0.717, 1.165) is 16.7 Å². The Morgan fingerprint density at radius 2 is 1.63 bits per heavy atom. The fourth-order valence-electron chi connectivity index (χ4n) is 4.07. The van der Waals surface area contributed by atoms with Gasteiger partial charge in [-0.1, -0.05) is 54.6 Å². The van der Waals surface area contributed by atoms with Crippen LogP contribution in [0.25, 0.3) is 22.6 Å². The molecule has 1 heterocycles. The van der Waals surface area contributed by atoms with Crippen molar-refractivity contribution in [1.82, 2.24) is 0 Å². The zero-order chi connectivity index (χ0) is 20.7. The number of hydrogen-bond donors (Lipinski definition) is 0. The Hall–Kier alpha value is -4.41. The number of fused-ring (bicyclic) bond motifs is 3. The summed E-state index contributed by atoms with van der Waals surface area (Å²) in [6.45, 7) is 0. The Balaban J connectivity index is 1.94. The molecule has 0 saturated heterocycles. The van der Waals surface area contributed by atoms with Crippen molar-refractivity contribution in [3.63, 3.8) is 0 Å². The maximum atomic E-state index is 13.5. The lowest BCUT2D eigenvalue weighted by molar-refractivity contribution is 0.527. The van der Waals surface area contributed by atoms with E-state index in [9.17, 15) is 15.3 Å². The van der Waals surface area contributed by atoms with E-state index in [-0.39, 0.29) is 11.3 Å². The van der Waals surface area contributed by atoms with Crippen molar-refractivity contribution in [3.8, 4) is 12.1 Å². The molecule has 0 fully saturated rings. The van der Waals surface area contributed by atoms with Crippen LogP contribution in [0.5, 0.6) is 0 Å². The van der Waals surface area contributed by atoms with E-state index in [2.05, 4.69) is 12.1 Å². The molecule has 30 heavy (non-hydrogen) atoms. The quantitative estimate of drug-likeness (QED) is 0.449. The molecule has 3 aromatic carbocycles. The summed E-state index contributed by atoms with van der Waals surface area (Å²) >= 11 is 0. The fourth-order valence-corrected chi connectivity index (χ4v) is 4.07. The second-order valence-corrected chi connectivity index (χ2v) is 7.13. The van der Waals surface area contributed by atoms with Crippen LogP contribution in [-0.4, -0.2) is 0 Å². The van der Waals surface area contributed by atoms with Crippen molar-refractivity contribution in [1.29, 1.82) is 10.5 Å². The van der Waals surface area contributed by atoms with Crippen LogP contribution in [0.3, 0.4) is 0 Å². The molecule has 0 amide bonds. The second kappa shape index (κ2) is 6.88. The van der Waals surface area contributed by atoms with E-state index in [1.165, 1.54) is 6.07 Å². The maximum Gasteiger partial charge on any atom is 0.200 e. The zero-order valence-corrected chi connectivity index (χ0v) is 15.8. The SMILES string of the molecule is N#CC1=Cc2c(oc3ccc(C#N)cc3c2=O)C(c2ccccc2)c2ccccc21. The standard InChI is InChI=1S/C26H14N2O2/c27-14-16-10-11-23-21(12-16)25(29)22-13-18(15-28)19-8-4-5-9-20(19)24(26(22)30-23)17-6-2-1-3-7-17/h1-13,24H. The largest absolute Gasteiger partial charge is 0.459 e. The van der Waals surface area contributed by atoms with Gasteiger partial charge in [-0.15, -0.1) is 0 Å². The first-order valence-corrected chi connectivity index (χ1v) is 9.48. The van der Waals surface area contributed by atoms with Crippen molar-refractivity contribution >= 4 is 22.6 Å². The van der Waals surface area contributed by atoms with Gasteiger partial charge in [-0.2, -0.15) is 10.5 Å². The predicted molar refractivity (Wildman–Crippen MR) is 115 cm³/mol. The summed E-state index contributed by atoms with van der Waals surface area (Å²) in [5, 5.41) is 19.4. The highest BCUT2D eigenvalue weighted by molar-refractivity contribution is 5.94. The first-order chi connectivity index (χ1) is 14.7. The van der Waals surface area contributed by atoms with Gasteiger partial charge in [-0.3, -0.25) is 4.79 Å². The first kappa shape index (κ1) is 17.7. The van der Waals surface area contributed by atoms with Crippen LogP contribution < -0.4 is 5.43 Å². The van der Waals surface area contributed by atoms with Crippen LogP contribution in [0.15, 0.2) is 82.0 Å². The van der Waals surface area contributed by atoms with Gasteiger partial charge in [0.05, 0.1) is 40.1 Å². The number of benzene rings is 3. The van der Waals surface area contributed by atoms with Gasteiger partial charge in [0, 0.05) is 0 Å². The minimum atomic E-state index is -0.341. The lowest BCUT2D eigenvalue weighted by Crippen LogP contribution is -2.13. The molecular formula is C26H14N2O2. The molecule has 1 atom stereocenters. The Morgan fingerprint density at radius 1 is 0.867 bits per heavy atom. The van der Waals surface area contributed by atoms with Crippen molar-refractivity contribution < 1.29 is 4.42 Å². The minimum Gasteiger partial charge on any atom is -0.459 e. The first-order valence-electron chi connectivity index (χ1n) is 9.48. The molecule has 140 valence electrons. The molecule has 1 aliphatic rings. The molecule has 1 aliphatic carbocycles. The third-order valence-corrected chi connectivity index (χ3v) is 5.45. The van der Waals surface area contributed by atoms with Crippen LogP contribution in [0.4, 0.5) is 0 Å². The van der Waals surface area contributed by atoms with E-state index < -0.39 is 0 Å². The van der Waals surface area contributed by atoms with Crippen molar-refractivity contribution in [3.05, 3.63) is 117 Å². The smallest absolute Gasteiger partial charge is 0.200 e. The normalized spacial score (nSPS) is 14.6. The summed E-state index contributed by atoms with van der Waals surface area (Å²) in [4.78, 5) is 13.5. The molecule has 0 spiro atoms. The Labute approximate surface area is 172 Å².